The van der Waals surface area contributed by atoms with E-state index in [1.165, 1.54) is 5.56 Å². The van der Waals surface area contributed by atoms with Gasteiger partial charge in [-0.2, -0.15) is 0 Å². The molecule has 0 radical (unpaired) electrons. The van der Waals surface area contributed by atoms with E-state index in [1.54, 1.807) is 0 Å². The van der Waals surface area contributed by atoms with Crippen LogP contribution in [0.1, 0.15) is 25.0 Å². The third-order valence-electron chi connectivity index (χ3n) is 3.16. The zero-order valence-corrected chi connectivity index (χ0v) is 14.7. The van der Waals surface area contributed by atoms with Gasteiger partial charge in [-0.3, -0.25) is 0 Å². The van der Waals surface area contributed by atoms with Crippen LogP contribution in [-0.2, 0) is 13.1 Å². The minimum atomic E-state index is 0.615. The molecule has 4 heteroatoms. The lowest BCUT2D eigenvalue weighted by Gasteiger charge is -2.15. The molecule has 2 aromatic rings. The topological polar surface area (TPSA) is 30.5 Å². The highest BCUT2D eigenvalue weighted by Gasteiger charge is 2.11. The van der Waals surface area contributed by atoms with Crippen molar-refractivity contribution in [3.05, 3.63) is 58.1 Å². The molecule has 0 aliphatic heterocycles. The van der Waals surface area contributed by atoms with Crippen LogP contribution in [0.3, 0.4) is 0 Å². The number of benzene rings is 2. The molecule has 0 spiro atoms. The monoisotopic (exact) mass is 363 g/mol. The van der Waals surface area contributed by atoms with Gasteiger partial charge in [-0.15, -0.1) is 0 Å². The third kappa shape index (κ3) is 4.75. The summed E-state index contributed by atoms with van der Waals surface area (Å²) < 4.78 is 12.3. The highest BCUT2D eigenvalue weighted by Crippen LogP contribution is 2.36. The van der Waals surface area contributed by atoms with Crippen molar-refractivity contribution in [2.45, 2.75) is 26.9 Å². The molecule has 2 aromatic carbocycles. The van der Waals surface area contributed by atoms with Crippen molar-refractivity contribution >= 4 is 15.9 Å². The standard InChI is InChI=1S/C18H22BrNO2/c1-3-21-17-11-15(10-16(19)18(17)22-4-2)13-20-12-14-8-6-5-7-9-14/h5-11,20H,3-4,12-13H2,1-2H3. The van der Waals surface area contributed by atoms with Gasteiger partial charge in [0.05, 0.1) is 17.7 Å². The van der Waals surface area contributed by atoms with Crippen LogP contribution in [0.4, 0.5) is 0 Å². The summed E-state index contributed by atoms with van der Waals surface area (Å²) in [5.41, 5.74) is 2.44. The van der Waals surface area contributed by atoms with E-state index in [9.17, 15) is 0 Å². The molecule has 118 valence electrons. The van der Waals surface area contributed by atoms with Crippen molar-refractivity contribution in [1.29, 1.82) is 0 Å². The van der Waals surface area contributed by atoms with Gasteiger partial charge >= 0.3 is 0 Å². The Balaban J connectivity index is 2.04. The quantitative estimate of drug-likeness (QED) is 0.746. The third-order valence-corrected chi connectivity index (χ3v) is 3.75. The van der Waals surface area contributed by atoms with E-state index in [1.807, 2.05) is 26.0 Å². The summed E-state index contributed by atoms with van der Waals surface area (Å²) in [6, 6.07) is 14.5. The van der Waals surface area contributed by atoms with E-state index >= 15 is 0 Å². The summed E-state index contributed by atoms with van der Waals surface area (Å²) in [6.45, 7) is 6.80. The van der Waals surface area contributed by atoms with E-state index in [-0.39, 0.29) is 0 Å². The lowest BCUT2D eigenvalue weighted by molar-refractivity contribution is 0.286. The Morgan fingerprint density at radius 3 is 2.27 bits per heavy atom. The zero-order valence-electron chi connectivity index (χ0n) is 13.1. The smallest absolute Gasteiger partial charge is 0.175 e. The first-order valence-electron chi connectivity index (χ1n) is 7.57. The number of nitrogens with one attached hydrogen (secondary N) is 1. The van der Waals surface area contributed by atoms with Gasteiger partial charge in [-0.1, -0.05) is 30.3 Å². The van der Waals surface area contributed by atoms with Gasteiger partial charge in [0.2, 0.25) is 0 Å². The molecule has 22 heavy (non-hydrogen) atoms. The van der Waals surface area contributed by atoms with Crippen LogP contribution in [-0.4, -0.2) is 13.2 Å². The van der Waals surface area contributed by atoms with Crippen LogP contribution in [0.5, 0.6) is 11.5 Å². The molecule has 3 nitrogen and oxygen atoms in total. The fourth-order valence-corrected chi connectivity index (χ4v) is 2.82. The second kappa shape index (κ2) is 8.81. The molecule has 0 fully saturated rings. The average molecular weight is 364 g/mol. The summed E-state index contributed by atoms with van der Waals surface area (Å²) in [5, 5.41) is 3.45. The van der Waals surface area contributed by atoms with Gasteiger partial charge in [0.1, 0.15) is 0 Å². The van der Waals surface area contributed by atoms with Crippen LogP contribution in [0.2, 0.25) is 0 Å². The Morgan fingerprint density at radius 2 is 1.59 bits per heavy atom. The predicted molar refractivity (Wildman–Crippen MR) is 93.5 cm³/mol. The molecule has 0 atom stereocenters. The van der Waals surface area contributed by atoms with Gasteiger partial charge in [0.15, 0.2) is 11.5 Å². The lowest BCUT2D eigenvalue weighted by Crippen LogP contribution is -2.13. The molecule has 0 unspecified atom stereocenters. The maximum atomic E-state index is 5.69. The summed E-state index contributed by atoms with van der Waals surface area (Å²) in [7, 11) is 0. The highest BCUT2D eigenvalue weighted by atomic mass is 79.9. The molecule has 0 saturated carbocycles. The normalized spacial score (nSPS) is 10.5. The zero-order chi connectivity index (χ0) is 15.8. The van der Waals surface area contributed by atoms with E-state index in [2.05, 4.69) is 51.6 Å². The molecule has 0 aliphatic rings. The summed E-state index contributed by atoms with van der Waals surface area (Å²) in [6.07, 6.45) is 0. The van der Waals surface area contributed by atoms with E-state index in [0.29, 0.717) is 13.2 Å². The van der Waals surface area contributed by atoms with Crippen molar-refractivity contribution < 1.29 is 9.47 Å². The largest absolute Gasteiger partial charge is 0.490 e. The number of hydrogen-bond acceptors (Lipinski definition) is 3. The molecular weight excluding hydrogens is 342 g/mol. The fraction of sp³-hybridized carbons (Fsp3) is 0.333. The van der Waals surface area contributed by atoms with Gasteiger partial charge < -0.3 is 14.8 Å². The number of ether oxygens (including phenoxy) is 2. The predicted octanol–water partition coefficient (Wildman–Crippen LogP) is 4.54. The maximum Gasteiger partial charge on any atom is 0.175 e. The maximum absolute atomic E-state index is 5.69. The lowest BCUT2D eigenvalue weighted by atomic mass is 10.2. The summed E-state index contributed by atoms with van der Waals surface area (Å²) >= 11 is 3.57. The molecule has 0 heterocycles. The summed E-state index contributed by atoms with van der Waals surface area (Å²) in [5.74, 6) is 1.56. The molecule has 0 amide bonds. The van der Waals surface area contributed by atoms with E-state index in [0.717, 1.165) is 34.6 Å². The molecule has 1 N–H and O–H groups in total. The van der Waals surface area contributed by atoms with Crippen LogP contribution in [0.15, 0.2) is 46.9 Å². The van der Waals surface area contributed by atoms with E-state index in [4.69, 9.17) is 9.47 Å². The van der Waals surface area contributed by atoms with Crippen molar-refractivity contribution in [3.8, 4) is 11.5 Å². The van der Waals surface area contributed by atoms with Crippen LogP contribution in [0.25, 0.3) is 0 Å². The molecule has 0 bridgehead atoms. The molecular formula is C18H22BrNO2. The summed E-state index contributed by atoms with van der Waals surface area (Å²) in [4.78, 5) is 0. The minimum Gasteiger partial charge on any atom is -0.490 e. The Hall–Kier alpha value is -1.52. The molecule has 0 aliphatic carbocycles. The van der Waals surface area contributed by atoms with Crippen LogP contribution < -0.4 is 14.8 Å². The average Bonchev–Trinajstić information content (AvgIpc) is 2.52. The molecule has 0 aromatic heterocycles. The Morgan fingerprint density at radius 1 is 0.909 bits per heavy atom. The number of halogens is 1. The first kappa shape index (κ1) is 16.8. The van der Waals surface area contributed by atoms with Crippen molar-refractivity contribution in [1.82, 2.24) is 5.32 Å². The Kier molecular flexibility index (Phi) is 6.74. The van der Waals surface area contributed by atoms with Crippen molar-refractivity contribution in [2.24, 2.45) is 0 Å². The Bertz CT molecular complexity index is 587. The Labute approximate surface area is 140 Å². The van der Waals surface area contributed by atoms with Gasteiger partial charge in [0, 0.05) is 13.1 Å². The van der Waals surface area contributed by atoms with Gasteiger partial charge in [-0.05, 0) is 53.0 Å². The first-order chi connectivity index (χ1) is 10.7. The van der Waals surface area contributed by atoms with Crippen LogP contribution >= 0.6 is 15.9 Å². The van der Waals surface area contributed by atoms with Crippen LogP contribution in [0, 0.1) is 0 Å². The molecule has 0 saturated heterocycles. The van der Waals surface area contributed by atoms with Crippen molar-refractivity contribution in [3.63, 3.8) is 0 Å². The van der Waals surface area contributed by atoms with E-state index < -0.39 is 0 Å². The SMILES string of the molecule is CCOc1cc(CNCc2ccccc2)cc(Br)c1OCC. The molecule has 2 rings (SSSR count). The van der Waals surface area contributed by atoms with Gasteiger partial charge in [-0.25, -0.2) is 0 Å². The first-order valence-corrected chi connectivity index (χ1v) is 8.36. The van der Waals surface area contributed by atoms with Crippen molar-refractivity contribution in [2.75, 3.05) is 13.2 Å². The second-order valence-corrected chi connectivity index (χ2v) is 5.71. The number of hydrogen-bond donors (Lipinski definition) is 1. The second-order valence-electron chi connectivity index (χ2n) is 4.86. The fourth-order valence-electron chi connectivity index (χ4n) is 2.22. The number of rotatable bonds is 8. The van der Waals surface area contributed by atoms with Gasteiger partial charge in [0.25, 0.3) is 0 Å². The highest BCUT2D eigenvalue weighted by molar-refractivity contribution is 9.10. The minimum absolute atomic E-state index is 0.615.